The molecule has 35 heavy (non-hydrogen) atoms. The molecule has 2 bridgehead atoms. The Balaban J connectivity index is 1.43. The predicted octanol–water partition coefficient (Wildman–Crippen LogP) is 3.26. The van der Waals surface area contributed by atoms with Crippen LogP contribution in [0.2, 0.25) is 0 Å². The first-order chi connectivity index (χ1) is 17.0. The molecule has 2 saturated heterocycles. The number of anilines is 1. The van der Waals surface area contributed by atoms with E-state index in [4.69, 9.17) is 0 Å². The van der Waals surface area contributed by atoms with Crippen LogP contribution in [0.25, 0.3) is 16.9 Å². The molecule has 0 aliphatic carbocycles. The first kappa shape index (κ1) is 22.0. The van der Waals surface area contributed by atoms with Crippen molar-refractivity contribution in [2.24, 2.45) is 0 Å². The minimum absolute atomic E-state index is 0.123. The Labute approximate surface area is 205 Å². The van der Waals surface area contributed by atoms with E-state index < -0.39 is 11.2 Å². The molecule has 5 heterocycles. The third-order valence-corrected chi connectivity index (χ3v) is 8.11. The summed E-state index contributed by atoms with van der Waals surface area (Å²) in [5.41, 5.74) is 0.612. The number of hydrogen-bond donors (Lipinski definition) is 2. The van der Waals surface area contributed by atoms with Gasteiger partial charge < -0.3 is 9.88 Å². The highest BCUT2D eigenvalue weighted by Crippen LogP contribution is 2.42. The number of fused-ring (bicyclic) bond motifs is 3. The molecule has 180 valence electrons. The lowest BCUT2D eigenvalue weighted by atomic mass is 9.97. The molecule has 2 N–H and O–H groups in total. The number of nitrogens with one attached hydrogen (secondary N) is 2. The number of nitrogens with zero attached hydrogens (tertiary/aromatic N) is 4. The van der Waals surface area contributed by atoms with Crippen LogP contribution in [0.1, 0.15) is 43.5 Å². The van der Waals surface area contributed by atoms with Crippen LogP contribution in [0.3, 0.4) is 0 Å². The van der Waals surface area contributed by atoms with Gasteiger partial charge in [-0.2, -0.15) is 0 Å². The van der Waals surface area contributed by atoms with Gasteiger partial charge in [-0.25, -0.2) is 14.3 Å². The smallest absolute Gasteiger partial charge is 0.325 e. The second kappa shape index (κ2) is 8.62. The number of benzene rings is 1. The van der Waals surface area contributed by atoms with Gasteiger partial charge >= 0.3 is 5.69 Å². The van der Waals surface area contributed by atoms with Gasteiger partial charge in [0.05, 0.1) is 17.7 Å². The van der Waals surface area contributed by atoms with Gasteiger partial charge in [0, 0.05) is 36.5 Å². The maximum Gasteiger partial charge on any atom is 0.334 e. The topological polar surface area (TPSA) is 105 Å². The van der Waals surface area contributed by atoms with Crippen molar-refractivity contribution in [2.45, 2.75) is 57.3 Å². The lowest BCUT2D eigenvalue weighted by Crippen LogP contribution is -2.43. The normalized spacial score (nSPS) is 22.0. The number of rotatable bonds is 5. The van der Waals surface area contributed by atoms with Crippen LogP contribution in [0.4, 0.5) is 5.69 Å². The Morgan fingerprint density at radius 3 is 2.60 bits per heavy atom. The van der Waals surface area contributed by atoms with Crippen LogP contribution in [-0.4, -0.2) is 42.0 Å². The molecule has 0 spiro atoms. The van der Waals surface area contributed by atoms with Gasteiger partial charge in [0.25, 0.3) is 5.56 Å². The Hall–Kier alpha value is -3.50. The molecule has 6 rings (SSSR count). The summed E-state index contributed by atoms with van der Waals surface area (Å²) in [4.78, 5) is 48.5. The molecule has 2 unspecified atom stereocenters. The van der Waals surface area contributed by atoms with Gasteiger partial charge in [-0.3, -0.25) is 19.5 Å². The number of H-pyrrole nitrogens is 1. The zero-order valence-corrected chi connectivity index (χ0v) is 20.1. The molecule has 0 saturated carbocycles. The number of imidazole rings is 1. The number of para-hydroxylation sites is 2. The van der Waals surface area contributed by atoms with Crippen molar-refractivity contribution in [1.29, 1.82) is 0 Å². The Morgan fingerprint density at radius 2 is 1.89 bits per heavy atom. The van der Waals surface area contributed by atoms with E-state index in [0.717, 1.165) is 32.2 Å². The standard InChI is InChI=1S/C25H26N6O3S/c1-15(32)27-20-6-2-3-7-21(20)31-24-22(23(33)28-25(31)34)26-14-30(24)18-11-16-8-9-17(12-18)29(16)13-19-5-4-10-35-19/h2-7,10,14,16-18H,8-9,11-13H2,1H3,(H,27,32)(H,28,33,34). The number of thiophene rings is 1. The fraction of sp³-hybridized carbons (Fsp3) is 0.360. The lowest BCUT2D eigenvalue weighted by Gasteiger charge is -2.39. The average molecular weight is 491 g/mol. The van der Waals surface area contributed by atoms with E-state index in [9.17, 15) is 14.4 Å². The monoisotopic (exact) mass is 490 g/mol. The van der Waals surface area contributed by atoms with E-state index in [1.165, 1.54) is 16.4 Å². The maximum atomic E-state index is 13.1. The minimum Gasteiger partial charge on any atom is -0.325 e. The van der Waals surface area contributed by atoms with Gasteiger partial charge in [0.1, 0.15) is 0 Å². The highest BCUT2D eigenvalue weighted by atomic mass is 32.1. The number of hydrogen-bond acceptors (Lipinski definition) is 6. The Morgan fingerprint density at radius 1 is 1.11 bits per heavy atom. The number of piperidine rings is 1. The van der Waals surface area contributed by atoms with Crippen LogP contribution in [0.5, 0.6) is 0 Å². The van der Waals surface area contributed by atoms with Crippen LogP contribution < -0.4 is 16.6 Å². The van der Waals surface area contributed by atoms with Crippen molar-refractivity contribution in [3.63, 3.8) is 0 Å². The minimum atomic E-state index is -0.555. The first-order valence-corrected chi connectivity index (χ1v) is 12.7. The SMILES string of the molecule is CC(=O)Nc1ccccc1-n1c(=O)[nH]c(=O)c2ncn(C3CC4CCC(C3)N4Cc3cccs3)c21. The van der Waals surface area contributed by atoms with Gasteiger partial charge in [0.15, 0.2) is 11.2 Å². The van der Waals surface area contributed by atoms with Gasteiger partial charge in [-0.05, 0) is 49.3 Å². The van der Waals surface area contributed by atoms with Crippen LogP contribution in [0, 0.1) is 0 Å². The molecule has 1 amide bonds. The summed E-state index contributed by atoms with van der Waals surface area (Å²) >= 11 is 1.79. The van der Waals surface area contributed by atoms with Crippen molar-refractivity contribution in [1.82, 2.24) is 24.0 Å². The molecule has 2 aliphatic heterocycles. The van der Waals surface area contributed by atoms with Crippen LogP contribution in [0.15, 0.2) is 57.7 Å². The van der Waals surface area contributed by atoms with Gasteiger partial charge in [-0.15, -0.1) is 11.3 Å². The van der Waals surface area contributed by atoms with Crippen molar-refractivity contribution < 1.29 is 4.79 Å². The molecule has 10 heteroatoms. The van der Waals surface area contributed by atoms with Crippen LogP contribution >= 0.6 is 11.3 Å². The van der Waals surface area contributed by atoms with E-state index in [0.29, 0.717) is 29.1 Å². The van der Waals surface area contributed by atoms with E-state index in [1.54, 1.807) is 41.9 Å². The summed E-state index contributed by atoms with van der Waals surface area (Å²) < 4.78 is 3.47. The summed E-state index contributed by atoms with van der Waals surface area (Å²) in [6.07, 6.45) is 5.86. The highest BCUT2D eigenvalue weighted by Gasteiger charge is 2.41. The first-order valence-electron chi connectivity index (χ1n) is 11.9. The molecule has 0 radical (unpaired) electrons. The molecule has 2 atom stereocenters. The largest absolute Gasteiger partial charge is 0.334 e. The molecule has 4 aromatic rings. The summed E-state index contributed by atoms with van der Waals surface area (Å²) in [7, 11) is 0. The summed E-state index contributed by atoms with van der Waals surface area (Å²) in [6, 6.07) is 12.4. The number of carbonyl (C=O) groups excluding carboxylic acids is 1. The van der Waals surface area contributed by atoms with Gasteiger partial charge in [-0.1, -0.05) is 18.2 Å². The quantitative estimate of drug-likeness (QED) is 0.447. The molecule has 9 nitrogen and oxygen atoms in total. The fourth-order valence-corrected chi connectivity index (χ4v) is 6.53. The van der Waals surface area contributed by atoms with Crippen molar-refractivity contribution in [2.75, 3.05) is 5.32 Å². The van der Waals surface area contributed by atoms with Crippen molar-refractivity contribution in [3.05, 3.63) is 73.8 Å². The lowest BCUT2D eigenvalue weighted by molar-refractivity contribution is -0.114. The van der Waals surface area contributed by atoms with E-state index >= 15 is 0 Å². The number of aromatic amines is 1. The van der Waals surface area contributed by atoms with E-state index in [-0.39, 0.29) is 17.5 Å². The zero-order chi connectivity index (χ0) is 24.1. The predicted molar refractivity (Wildman–Crippen MR) is 135 cm³/mol. The molecular weight excluding hydrogens is 464 g/mol. The average Bonchev–Trinajstić information content (AvgIpc) is 3.54. The summed E-state index contributed by atoms with van der Waals surface area (Å²) in [5.74, 6) is -0.241. The van der Waals surface area contributed by atoms with E-state index in [2.05, 4.69) is 37.7 Å². The van der Waals surface area contributed by atoms with Crippen molar-refractivity contribution in [3.8, 4) is 5.69 Å². The number of amides is 1. The summed E-state index contributed by atoms with van der Waals surface area (Å²) in [6.45, 7) is 2.39. The van der Waals surface area contributed by atoms with Crippen LogP contribution in [-0.2, 0) is 11.3 Å². The zero-order valence-electron chi connectivity index (χ0n) is 19.3. The van der Waals surface area contributed by atoms with Gasteiger partial charge in [0.2, 0.25) is 5.91 Å². The molecule has 3 aromatic heterocycles. The number of carbonyl (C=O) groups is 1. The fourth-order valence-electron chi connectivity index (χ4n) is 5.81. The summed E-state index contributed by atoms with van der Waals surface area (Å²) in [5, 5.41) is 4.92. The third-order valence-electron chi connectivity index (χ3n) is 7.25. The van der Waals surface area contributed by atoms with Crippen molar-refractivity contribution >= 4 is 34.1 Å². The molecular formula is C25H26N6O3S. The molecule has 2 aliphatic rings. The highest BCUT2D eigenvalue weighted by molar-refractivity contribution is 7.09. The Bertz CT molecular complexity index is 1500. The Kier molecular flexibility index (Phi) is 5.42. The van der Waals surface area contributed by atoms with E-state index in [1.807, 2.05) is 4.57 Å². The molecule has 2 fully saturated rings. The molecule has 1 aromatic carbocycles. The maximum absolute atomic E-state index is 13.1. The number of aromatic nitrogens is 4. The third kappa shape index (κ3) is 3.82. The second-order valence-electron chi connectivity index (χ2n) is 9.38. The second-order valence-corrected chi connectivity index (χ2v) is 10.4.